The molecule has 1 aliphatic carbocycles. The topological polar surface area (TPSA) is 17.1 Å². The molecule has 0 saturated carbocycles. The van der Waals surface area contributed by atoms with E-state index in [4.69, 9.17) is 0 Å². The van der Waals surface area contributed by atoms with Crippen LogP contribution in [0.3, 0.4) is 0 Å². The summed E-state index contributed by atoms with van der Waals surface area (Å²) in [5.41, 5.74) is 5.73. The first-order chi connectivity index (χ1) is 10.8. The quantitative estimate of drug-likeness (QED) is 0.591. The van der Waals surface area contributed by atoms with Gasteiger partial charge in [-0.25, -0.2) is 0 Å². The lowest BCUT2D eigenvalue weighted by Gasteiger charge is -2.18. The molecule has 22 heavy (non-hydrogen) atoms. The lowest BCUT2D eigenvalue weighted by atomic mass is 9.85. The molecule has 3 aromatic carbocycles. The standard InChI is InChI=1S/C21H16O/c1-14-10-17-8-4-5-9-19(17)21(14)20-12-16-7-3-2-6-15(16)11-18(20)13-22/h2-13,21H,1H3. The third-order valence-electron chi connectivity index (χ3n) is 4.53. The van der Waals surface area contributed by atoms with E-state index < -0.39 is 0 Å². The van der Waals surface area contributed by atoms with Crippen LogP contribution in [0.1, 0.15) is 39.9 Å². The third kappa shape index (κ3) is 1.90. The maximum atomic E-state index is 11.6. The molecule has 0 N–H and O–H groups in total. The van der Waals surface area contributed by atoms with Gasteiger partial charge in [-0.05, 0) is 46.5 Å². The fourth-order valence-corrected chi connectivity index (χ4v) is 3.52. The largest absolute Gasteiger partial charge is 0.298 e. The number of carbonyl (C=O) groups excluding carboxylic acids is 1. The van der Waals surface area contributed by atoms with Gasteiger partial charge < -0.3 is 0 Å². The molecule has 1 nitrogen and oxygen atoms in total. The highest BCUT2D eigenvalue weighted by Crippen LogP contribution is 2.42. The van der Waals surface area contributed by atoms with Gasteiger partial charge in [0.25, 0.3) is 0 Å². The van der Waals surface area contributed by atoms with Crippen LogP contribution in [0, 0.1) is 0 Å². The number of benzene rings is 3. The van der Waals surface area contributed by atoms with Gasteiger partial charge in [0.15, 0.2) is 0 Å². The molecule has 1 aliphatic rings. The second-order valence-electron chi connectivity index (χ2n) is 5.90. The van der Waals surface area contributed by atoms with Crippen LogP contribution >= 0.6 is 0 Å². The van der Waals surface area contributed by atoms with Crippen molar-refractivity contribution >= 4 is 23.1 Å². The van der Waals surface area contributed by atoms with Gasteiger partial charge in [-0.3, -0.25) is 4.79 Å². The van der Waals surface area contributed by atoms with Crippen molar-refractivity contribution < 1.29 is 4.79 Å². The molecule has 0 amide bonds. The van der Waals surface area contributed by atoms with Crippen LogP contribution in [0.2, 0.25) is 0 Å². The van der Waals surface area contributed by atoms with Gasteiger partial charge in [-0.1, -0.05) is 60.2 Å². The number of carbonyl (C=O) groups is 1. The van der Waals surface area contributed by atoms with Crippen LogP contribution in [0.4, 0.5) is 0 Å². The fourth-order valence-electron chi connectivity index (χ4n) is 3.52. The Morgan fingerprint density at radius 1 is 0.864 bits per heavy atom. The molecule has 0 radical (unpaired) electrons. The normalized spacial score (nSPS) is 16.4. The van der Waals surface area contributed by atoms with Crippen molar-refractivity contribution in [1.82, 2.24) is 0 Å². The van der Waals surface area contributed by atoms with Crippen molar-refractivity contribution in [3.05, 3.63) is 88.5 Å². The lowest BCUT2D eigenvalue weighted by molar-refractivity contribution is 0.112. The lowest BCUT2D eigenvalue weighted by Crippen LogP contribution is -2.03. The molecule has 0 heterocycles. The highest BCUT2D eigenvalue weighted by Gasteiger charge is 2.26. The molecule has 106 valence electrons. The first kappa shape index (κ1) is 13.0. The summed E-state index contributed by atoms with van der Waals surface area (Å²) in [6.07, 6.45) is 3.21. The van der Waals surface area contributed by atoms with Gasteiger partial charge in [0.1, 0.15) is 6.29 Å². The van der Waals surface area contributed by atoms with E-state index in [-0.39, 0.29) is 5.92 Å². The first-order valence-electron chi connectivity index (χ1n) is 7.53. The Morgan fingerprint density at radius 2 is 1.55 bits per heavy atom. The molecule has 0 aliphatic heterocycles. The van der Waals surface area contributed by atoms with E-state index in [2.05, 4.69) is 55.5 Å². The molecule has 1 unspecified atom stereocenters. The van der Waals surface area contributed by atoms with Gasteiger partial charge in [0.2, 0.25) is 0 Å². The second-order valence-corrected chi connectivity index (χ2v) is 5.90. The van der Waals surface area contributed by atoms with Gasteiger partial charge in [0.05, 0.1) is 0 Å². The van der Waals surface area contributed by atoms with Crippen LogP contribution in [-0.2, 0) is 0 Å². The monoisotopic (exact) mass is 284 g/mol. The molecular weight excluding hydrogens is 268 g/mol. The minimum absolute atomic E-state index is 0.181. The Hall–Kier alpha value is -2.67. The van der Waals surface area contributed by atoms with Crippen LogP contribution in [0.15, 0.2) is 66.2 Å². The highest BCUT2D eigenvalue weighted by molar-refractivity contribution is 5.92. The zero-order valence-electron chi connectivity index (χ0n) is 12.4. The average Bonchev–Trinajstić information content (AvgIpc) is 2.89. The summed E-state index contributed by atoms with van der Waals surface area (Å²) in [6.45, 7) is 2.15. The van der Waals surface area contributed by atoms with Crippen molar-refractivity contribution in [3.8, 4) is 0 Å². The highest BCUT2D eigenvalue weighted by atomic mass is 16.1. The molecule has 0 aromatic heterocycles. The summed E-state index contributed by atoms with van der Waals surface area (Å²) in [5, 5.41) is 2.29. The van der Waals surface area contributed by atoms with Crippen molar-refractivity contribution in [3.63, 3.8) is 0 Å². The predicted molar refractivity (Wildman–Crippen MR) is 91.3 cm³/mol. The Labute approximate surface area is 129 Å². The predicted octanol–water partition coefficient (Wildman–Crippen LogP) is 5.20. The average molecular weight is 284 g/mol. The van der Waals surface area contributed by atoms with E-state index in [1.807, 2.05) is 18.2 Å². The molecule has 0 fully saturated rings. The molecule has 4 rings (SSSR count). The van der Waals surface area contributed by atoms with Crippen LogP contribution in [-0.4, -0.2) is 6.29 Å². The Bertz CT molecular complexity index is 918. The summed E-state index contributed by atoms with van der Waals surface area (Å²) < 4.78 is 0. The van der Waals surface area contributed by atoms with Gasteiger partial charge in [-0.15, -0.1) is 0 Å². The third-order valence-corrected chi connectivity index (χ3v) is 4.53. The van der Waals surface area contributed by atoms with Crippen molar-refractivity contribution in [1.29, 1.82) is 0 Å². The van der Waals surface area contributed by atoms with E-state index in [1.165, 1.54) is 22.1 Å². The van der Waals surface area contributed by atoms with E-state index in [9.17, 15) is 4.79 Å². The van der Waals surface area contributed by atoms with Crippen LogP contribution in [0.25, 0.3) is 16.8 Å². The summed E-state index contributed by atoms with van der Waals surface area (Å²) in [6, 6.07) is 20.8. The van der Waals surface area contributed by atoms with Crippen molar-refractivity contribution in [2.75, 3.05) is 0 Å². The summed E-state index contributed by atoms with van der Waals surface area (Å²) >= 11 is 0. The van der Waals surface area contributed by atoms with Gasteiger partial charge in [-0.2, -0.15) is 0 Å². The van der Waals surface area contributed by atoms with Crippen LogP contribution < -0.4 is 0 Å². The molecule has 0 bridgehead atoms. The maximum absolute atomic E-state index is 11.6. The maximum Gasteiger partial charge on any atom is 0.150 e. The van der Waals surface area contributed by atoms with E-state index in [0.29, 0.717) is 0 Å². The Balaban J connectivity index is 1.98. The van der Waals surface area contributed by atoms with Gasteiger partial charge >= 0.3 is 0 Å². The van der Waals surface area contributed by atoms with Crippen molar-refractivity contribution in [2.45, 2.75) is 12.8 Å². The Kier molecular flexibility index (Phi) is 2.93. The Morgan fingerprint density at radius 3 is 2.32 bits per heavy atom. The molecule has 1 atom stereocenters. The molecular formula is C21H16O. The molecule has 3 aromatic rings. The molecule has 0 saturated heterocycles. The zero-order valence-corrected chi connectivity index (χ0v) is 12.4. The number of rotatable bonds is 2. The second kappa shape index (κ2) is 4.96. The number of allylic oxidation sites excluding steroid dienone is 1. The number of fused-ring (bicyclic) bond motifs is 2. The summed E-state index contributed by atoms with van der Waals surface area (Å²) in [7, 11) is 0. The fraction of sp³-hybridized carbons (Fsp3) is 0.0952. The summed E-state index contributed by atoms with van der Waals surface area (Å²) in [4.78, 5) is 11.6. The van der Waals surface area contributed by atoms with E-state index in [1.54, 1.807) is 0 Å². The first-order valence-corrected chi connectivity index (χ1v) is 7.53. The van der Waals surface area contributed by atoms with E-state index >= 15 is 0 Å². The van der Waals surface area contributed by atoms with Gasteiger partial charge in [0, 0.05) is 11.5 Å². The smallest absolute Gasteiger partial charge is 0.150 e. The summed E-state index contributed by atoms with van der Waals surface area (Å²) in [5.74, 6) is 0.181. The SMILES string of the molecule is CC1=Cc2ccccc2C1c1cc2ccccc2cc1C=O. The van der Waals surface area contributed by atoms with Crippen LogP contribution in [0.5, 0.6) is 0 Å². The van der Waals surface area contributed by atoms with E-state index in [0.717, 1.165) is 22.8 Å². The number of hydrogen-bond acceptors (Lipinski definition) is 1. The van der Waals surface area contributed by atoms with Crippen molar-refractivity contribution in [2.24, 2.45) is 0 Å². The number of aldehydes is 1. The number of hydrogen-bond donors (Lipinski definition) is 0. The zero-order chi connectivity index (χ0) is 15.1. The minimum atomic E-state index is 0.181. The molecule has 0 spiro atoms. The molecule has 1 heteroatoms. The minimum Gasteiger partial charge on any atom is -0.298 e.